The van der Waals surface area contributed by atoms with Crippen molar-refractivity contribution in [3.63, 3.8) is 0 Å². The number of ether oxygens (including phenoxy) is 1. The van der Waals surface area contributed by atoms with Crippen LogP contribution in [0.1, 0.15) is 28.8 Å². The van der Waals surface area contributed by atoms with E-state index in [1.54, 1.807) is 0 Å². The fourth-order valence-corrected chi connectivity index (χ4v) is 4.58. The van der Waals surface area contributed by atoms with E-state index in [9.17, 15) is 23.3 Å². The zero-order chi connectivity index (χ0) is 20.3. The lowest BCUT2D eigenvalue weighted by Crippen LogP contribution is -2.28. The topological polar surface area (TPSA) is 107 Å². The molecular weight excluding hydrogens is 408 g/mol. The minimum Gasteiger partial charge on any atom is -0.457 e. The van der Waals surface area contributed by atoms with Crippen molar-refractivity contribution in [2.75, 3.05) is 13.1 Å². The molecule has 2 aromatic carbocycles. The maximum atomic E-state index is 12.7. The number of hydrogen-bond acceptors (Lipinski definition) is 6. The Labute approximate surface area is 166 Å². The number of sulfonamides is 1. The van der Waals surface area contributed by atoms with Crippen LogP contribution in [0.4, 0.5) is 5.69 Å². The van der Waals surface area contributed by atoms with Gasteiger partial charge >= 0.3 is 5.97 Å². The van der Waals surface area contributed by atoms with Crippen LogP contribution < -0.4 is 0 Å². The second-order valence-electron chi connectivity index (χ2n) is 6.25. The van der Waals surface area contributed by atoms with E-state index in [0.717, 1.165) is 12.8 Å². The van der Waals surface area contributed by atoms with Gasteiger partial charge in [-0.2, -0.15) is 4.31 Å². The molecule has 0 radical (unpaired) electrons. The second kappa shape index (κ2) is 8.26. The predicted octanol–water partition coefficient (Wildman–Crippen LogP) is 3.39. The van der Waals surface area contributed by atoms with Gasteiger partial charge in [0.1, 0.15) is 6.61 Å². The fourth-order valence-electron chi connectivity index (χ4n) is 2.84. The molecule has 1 saturated heterocycles. The van der Waals surface area contributed by atoms with Gasteiger partial charge in [-0.1, -0.05) is 11.6 Å². The van der Waals surface area contributed by atoms with Crippen LogP contribution in [-0.4, -0.2) is 36.7 Å². The third kappa shape index (κ3) is 4.32. The highest BCUT2D eigenvalue weighted by Gasteiger charge is 2.28. The van der Waals surface area contributed by atoms with E-state index in [1.165, 1.54) is 46.8 Å². The van der Waals surface area contributed by atoms with Crippen molar-refractivity contribution in [3.8, 4) is 0 Å². The van der Waals surface area contributed by atoms with E-state index in [4.69, 9.17) is 16.3 Å². The fraction of sp³-hybridized carbons (Fsp3) is 0.278. The Kier molecular flexibility index (Phi) is 5.97. The van der Waals surface area contributed by atoms with Gasteiger partial charge in [0.15, 0.2) is 0 Å². The standard InChI is InChI=1S/C18H17ClN2O6S/c19-17-8-7-15(28(25,26)20-9-1-2-10-20)11-16(17)18(22)27-12-13-3-5-14(6-4-13)21(23)24/h3-8,11H,1-2,9-10,12H2. The van der Waals surface area contributed by atoms with Crippen LogP contribution in [0.3, 0.4) is 0 Å². The van der Waals surface area contributed by atoms with Gasteiger partial charge in [-0.15, -0.1) is 0 Å². The lowest BCUT2D eigenvalue weighted by atomic mass is 10.2. The molecule has 3 rings (SSSR count). The number of esters is 1. The quantitative estimate of drug-likeness (QED) is 0.399. The highest BCUT2D eigenvalue weighted by Crippen LogP contribution is 2.26. The first-order valence-corrected chi connectivity index (χ1v) is 10.3. The maximum Gasteiger partial charge on any atom is 0.340 e. The summed E-state index contributed by atoms with van der Waals surface area (Å²) < 4.78 is 31.9. The molecule has 0 aliphatic carbocycles. The Morgan fingerprint density at radius 2 is 1.79 bits per heavy atom. The minimum absolute atomic E-state index is 0.0129. The smallest absolute Gasteiger partial charge is 0.340 e. The number of carbonyl (C=O) groups excluding carboxylic acids is 1. The molecule has 1 fully saturated rings. The molecule has 0 bridgehead atoms. The average molecular weight is 425 g/mol. The Morgan fingerprint density at radius 3 is 2.39 bits per heavy atom. The molecule has 1 aliphatic rings. The number of nitrogens with zero attached hydrogens (tertiary/aromatic N) is 2. The van der Waals surface area contributed by atoms with Crippen molar-refractivity contribution < 1.29 is 22.9 Å². The van der Waals surface area contributed by atoms with E-state index in [1.807, 2.05) is 0 Å². The molecule has 0 spiro atoms. The molecule has 0 aromatic heterocycles. The van der Waals surface area contributed by atoms with Gasteiger partial charge < -0.3 is 4.74 Å². The average Bonchev–Trinajstić information content (AvgIpc) is 3.22. The molecular formula is C18H17ClN2O6S. The summed E-state index contributed by atoms with van der Waals surface area (Å²) in [4.78, 5) is 22.5. The molecule has 0 atom stereocenters. The Hall–Kier alpha value is -2.49. The summed E-state index contributed by atoms with van der Waals surface area (Å²) in [5.41, 5.74) is 0.428. The predicted molar refractivity (Wildman–Crippen MR) is 102 cm³/mol. The molecule has 0 unspecified atom stereocenters. The van der Waals surface area contributed by atoms with E-state index in [0.29, 0.717) is 18.7 Å². The summed E-state index contributed by atoms with van der Waals surface area (Å²) in [7, 11) is -3.69. The van der Waals surface area contributed by atoms with E-state index in [2.05, 4.69) is 0 Å². The number of carbonyl (C=O) groups is 1. The first-order chi connectivity index (χ1) is 13.3. The number of benzene rings is 2. The normalized spacial score (nSPS) is 14.8. The van der Waals surface area contributed by atoms with Crippen LogP contribution in [0.15, 0.2) is 47.4 Å². The Balaban J connectivity index is 1.75. The van der Waals surface area contributed by atoms with Crippen molar-refractivity contribution in [1.29, 1.82) is 0 Å². The zero-order valence-electron chi connectivity index (χ0n) is 14.7. The van der Waals surface area contributed by atoms with Crippen LogP contribution >= 0.6 is 11.6 Å². The number of rotatable bonds is 6. The van der Waals surface area contributed by atoms with Crippen LogP contribution in [0.2, 0.25) is 5.02 Å². The largest absolute Gasteiger partial charge is 0.457 e. The third-order valence-electron chi connectivity index (χ3n) is 4.38. The molecule has 28 heavy (non-hydrogen) atoms. The molecule has 0 saturated carbocycles. The van der Waals surface area contributed by atoms with Gasteiger partial charge in [0.05, 0.1) is 20.4 Å². The van der Waals surface area contributed by atoms with Gasteiger partial charge in [0, 0.05) is 25.2 Å². The van der Waals surface area contributed by atoms with E-state index >= 15 is 0 Å². The number of nitro groups is 1. The van der Waals surface area contributed by atoms with Crippen molar-refractivity contribution in [2.24, 2.45) is 0 Å². The number of halogens is 1. The summed E-state index contributed by atoms with van der Waals surface area (Å²) in [6.07, 6.45) is 1.61. The molecule has 0 amide bonds. The molecule has 1 aliphatic heterocycles. The van der Waals surface area contributed by atoms with Crippen LogP contribution in [0, 0.1) is 10.1 Å². The monoisotopic (exact) mass is 424 g/mol. The number of nitro benzene ring substituents is 1. The summed E-state index contributed by atoms with van der Waals surface area (Å²) in [6.45, 7) is 0.770. The van der Waals surface area contributed by atoms with Crippen molar-refractivity contribution in [1.82, 2.24) is 4.31 Å². The lowest BCUT2D eigenvalue weighted by molar-refractivity contribution is -0.384. The van der Waals surface area contributed by atoms with Gasteiger partial charge in [-0.3, -0.25) is 10.1 Å². The van der Waals surface area contributed by atoms with Crippen LogP contribution in [0.25, 0.3) is 0 Å². The maximum absolute atomic E-state index is 12.7. The van der Waals surface area contributed by atoms with Crippen molar-refractivity contribution in [3.05, 3.63) is 68.7 Å². The van der Waals surface area contributed by atoms with Gasteiger partial charge in [-0.25, -0.2) is 13.2 Å². The SMILES string of the molecule is O=C(OCc1ccc([N+](=O)[O-])cc1)c1cc(S(=O)(=O)N2CCCC2)ccc1Cl. The summed E-state index contributed by atoms with van der Waals surface area (Å²) in [5.74, 6) is -0.776. The highest BCUT2D eigenvalue weighted by atomic mass is 35.5. The van der Waals surface area contributed by atoms with E-state index < -0.39 is 20.9 Å². The summed E-state index contributed by atoms with van der Waals surface area (Å²) >= 11 is 6.05. The minimum atomic E-state index is -3.69. The van der Waals surface area contributed by atoms with Crippen LogP contribution in [0.5, 0.6) is 0 Å². The van der Waals surface area contributed by atoms with Gasteiger partial charge in [-0.05, 0) is 48.7 Å². The molecule has 10 heteroatoms. The van der Waals surface area contributed by atoms with Gasteiger partial charge in [0.2, 0.25) is 10.0 Å². The number of non-ortho nitro benzene ring substituents is 1. The molecule has 148 valence electrons. The van der Waals surface area contributed by atoms with E-state index in [-0.39, 0.29) is 27.8 Å². The summed E-state index contributed by atoms with van der Waals surface area (Å²) in [6, 6.07) is 9.49. The van der Waals surface area contributed by atoms with Crippen molar-refractivity contribution >= 4 is 33.3 Å². The molecule has 2 aromatic rings. The summed E-state index contributed by atoms with van der Waals surface area (Å²) in [5, 5.41) is 10.7. The molecule has 8 nitrogen and oxygen atoms in total. The Morgan fingerprint density at radius 1 is 1.14 bits per heavy atom. The zero-order valence-corrected chi connectivity index (χ0v) is 16.3. The lowest BCUT2D eigenvalue weighted by Gasteiger charge is -2.16. The first kappa shape index (κ1) is 20.2. The van der Waals surface area contributed by atoms with Crippen LogP contribution in [-0.2, 0) is 21.4 Å². The third-order valence-corrected chi connectivity index (χ3v) is 6.60. The number of hydrogen-bond donors (Lipinski definition) is 0. The first-order valence-electron chi connectivity index (χ1n) is 8.49. The second-order valence-corrected chi connectivity index (χ2v) is 8.60. The Bertz CT molecular complexity index is 1000. The highest BCUT2D eigenvalue weighted by molar-refractivity contribution is 7.89. The molecule has 0 N–H and O–H groups in total. The van der Waals surface area contributed by atoms with Gasteiger partial charge in [0.25, 0.3) is 5.69 Å². The molecule has 1 heterocycles. The van der Waals surface area contributed by atoms with Crippen molar-refractivity contribution in [2.45, 2.75) is 24.3 Å².